The van der Waals surface area contributed by atoms with Crippen molar-refractivity contribution in [2.45, 2.75) is 84.2 Å². The third kappa shape index (κ3) is 2.86. The van der Waals surface area contributed by atoms with Crippen LogP contribution in [-0.4, -0.2) is 24.1 Å². The fraction of sp³-hybridized carbons (Fsp3) is 0.826. The minimum atomic E-state index is -0.504. The van der Waals surface area contributed by atoms with Gasteiger partial charge in [-0.1, -0.05) is 12.5 Å². The van der Waals surface area contributed by atoms with Crippen molar-refractivity contribution < 1.29 is 19.1 Å². The Morgan fingerprint density at radius 3 is 2.67 bits per heavy atom. The van der Waals surface area contributed by atoms with Crippen LogP contribution in [0.4, 0.5) is 4.79 Å². The van der Waals surface area contributed by atoms with Crippen LogP contribution in [0.1, 0.15) is 78.6 Å². The van der Waals surface area contributed by atoms with E-state index >= 15 is 0 Å². The normalized spacial score (nSPS) is 43.2. The number of hydrogen-bond donors (Lipinski definition) is 0. The van der Waals surface area contributed by atoms with Gasteiger partial charge in [0.15, 0.2) is 5.78 Å². The maximum absolute atomic E-state index is 12.2. The molecule has 3 saturated carbocycles. The van der Waals surface area contributed by atoms with Crippen LogP contribution in [0.15, 0.2) is 11.6 Å². The maximum Gasteiger partial charge on any atom is 0.508 e. The summed E-state index contributed by atoms with van der Waals surface area (Å²) in [4.78, 5) is 24.0. The highest BCUT2D eigenvalue weighted by atomic mass is 16.7. The highest BCUT2D eigenvalue weighted by Crippen LogP contribution is 2.67. The van der Waals surface area contributed by atoms with E-state index in [9.17, 15) is 9.59 Å². The van der Waals surface area contributed by atoms with Crippen LogP contribution in [0.2, 0.25) is 0 Å². The van der Waals surface area contributed by atoms with Crippen molar-refractivity contribution in [3.63, 3.8) is 0 Å². The highest BCUT2D eigenvalue weighted by molar-refractivity contribution is 5.91. The van der Waals surface area contributed by atoms with E-state index in [0.717, 1.165) is 44.9 Å². The molecule has 0 radical (unpaired) electrons. The number of fused-ring (bicyclic) bond motifs is 5. The van der Waals surface area contributed by atoms with E-state index in [1.54, 1.807) is 0 Å². The Bertz CT molecular complexity index is 653. The molecule has 4 heteroatoms. The molecule has 4 nitrogen and oxygen atoms in total. The lowest BCUT2D eigenvalue weighted by molar-refractivity contribution is -0.136. The average molecular weight is 375 g/mol. The fourth-order valence-electron chi connectivity index (χ4n) is 7.52. The highest BCUT2D eigenvalue weighted by Gasteiger charge is 2.64. The second-order valence-corrected chi connectivity index (χ2v) is 9.41. The standard InChI is InChI=1S/C23H34O4/c1-4-23-13-10-18-17-9-7-16(24)14-15(17)6-8-19(18)20(23)11-12-22(23,3)27-21(25)26-5-2/h14,17-20H,4-13H2,1-3H3/t17?,18?,19?,20?,22-,23?/m0/s1. The van der Waals surface area contributed by atoms with Crippen LogP contribution < -0.4 is 0 Å². The van der Waals surface area contributed by atoms with Gasteiger partial charge in [0.2, 0.25) is 0 Å². The van der Waals surface area contributed by atoms with Gasteiger partial charge in [-0.25, -0.2) is 4.79 Å². The third-order valence-corrected chi connectivity index (χ3v) is 8.70. The summed E-state index contributed by atoms with van der Waals surface area (Å²) in [6.45, 7) is 6.61. The van der Waals surface area contributed by atoms with Crippen molar-refractivity contribution in [3.05, 3.63) is 11.6 Å². The summed E-state index contributed by atoms with van der Waals surface area (Å²) in [5, 5.41) is 0. The SMILES string of the molecule is CCOC(=O)O[C@@]1(C)CCC2C3CCC4=CC(=O)CCC4C3CCC21CC. The van der Waals surface area contributed by atoms with Crippen LogP contribution in [0.25, 0.3) is 0 Å². The monoisotopic (exact) mass is 374 g/mol. The lowest BCUT2D eigenvalue weighted by atomic mass is 9.49. The summed E-state index contributed by atoms with van der Waals surface area (Å²) < 4.78 is 11.1. The second kappa shape index (κ2) is 6.93. The van der Waals surface area contributed by atoms with Crippen molar-refractivity contribution in [2.75, 3.05) is 6.61 Å². The Hall–Kier alpha value is -1.32. The molecule has 0 heterocycles. The van der Waals surface area contributed by atoms with Crippen molar-refractivity contribution >= 4 is 11.9 Å². The molecule has 4 aliphatic carbocycles. The van der Waals surface area contributed by atoms with Crippen LogP contribution in [0.5, 0.6) is 0 Å². The van der Waals surface area contributed by atoms with Crippen molar-refractivity contribution in [1.82, 2.24) is 0 Å². The molecule has 6 atom stereocenters. The van der Waals surface area contributed by atoms with E-state index in [0.29, 0.717) is 36.1 Å². The Morgan fingerprint density at radius 1 is 1.11 bits per heavy atom. The van der Waals surface area contributed by atoms with E-state index in [1.165, 1.54) is 18.4 Å². The molecule has 0 bridgehead atoms. The number of ether oxygens (including phenoxy) is 2. The number of carbonyl (C=O) groups is 2. The van der Waals surface area contributed by atoms with Crippen molar-refractivity contribution in [3.8, 4) is 0 Å². The Balaban J connectivity index is 1.59. The summed E-state index contributed by atoms with van der Waals surface area (Å²) in [5.74, 6) is 3.00. The van der Waals surface area contributed by atoms with Gasteiger partial charge in [0.25, 0.3) is 0 Å². The van der Waals surface area contributed by atoms with E-state index in [2.05, 4.69) is 13.8 Å². The predicted octanol–water partition coefficient (Wildman–Crippen LogP) is 5.45. The minimum absolute atomic E-state index is 0.0760. The van der Waals surface area contributed by atoms with Crippen LogP contribution in [-0.2, 0) is 14.3 Å². The quantitative estimate of drug-likeness (QED) is 0.616. The summed E-state index contributed by atoms with van der Waals surface area (Å²) in [7, 11) is 0. The fourth-order valence-corrected chi connectivity index (χ4v) is 7.52. The summed E-state index contributed by atoms with van der Waals surface area (Å²) in [6.07, 6.45) is 11.0. The van der Waals surface area contributed by atoms with Gasteiger partial charge >= 0.3 is 6.16 Å². The molecule has 5 unspecified atom stereocenters. The molecular weight excluding hydrogens is 340 g/mol. The van der Waals surface area contributed by atoms with Gasteiger partial charge in [0, 0.05) is 11.8 Å². The molecule has 0 aliphatic heterocycles. The molecule has 4 rings (SSSR count). The van der Waals surface area contributed by atoms with E-state index < -0.39 is 11.8 Å². The topological polar surface area (TPSA) is 52.6 Å². The third-order valence-electron chi connectivity index (χ3n) is 8.70. The number of carbonyl (C=O) groups excluding carboxylic acids is 2. The molecule has 0 amide bonds. The Kier molecular flexibility index (Phi) is 4.88. The van der Waals surface area contributed by atoms with Gasteiger partial charge in [0.1, 0.15) is 5.60 Å². The molecule has 0 N–H and O–H groups in total. The van der Waals surface area contributed by atoms with Gasteiger partial charge < -0.3 is 9.47 Å². The molecule has 0 aromatic carbocycles. The van der Waals surface area contributed by atoms with Gasteiger partial charge in [-0.15, -0.1) is 0 Å². The van der Waals surface area contributed by atoms with Crippen LogP contribution in [0, 0.1) is 29.1 Å². The predicted molar refractivity (Wildman–Crippen MR) is 103 cm³/mol. The zero-order valence-electron chi connectivity index (χ0n) is 17.1. The van der Waals surface area contributed by atoms with Crippen molar-refractivity contribution in [2.24, 2.45) is 29.1 Å². The molecule has 3 fully saturated rings. The lowest BCUT2D eigenvalue weighted by Crippen LogP contribution is -2.54. The molecule has 0 spiro atoms. The van der Waals surface area contributed by atoms with E-state index in [4.69, 9.17) is 9.47 Å². The Morgan fingerprint density at radius 2 is 1.93 bits per heavy atom. The first-order valence-corrected chi connectivity index (χ1v) is 11.0. The summed E-state index contributed by atoms with van der Waals surface area (Å²) >= 11 is 0. The van der Waals surface area contributed by atoms with Gasteiger partial charge in [0.05, 0.1) is 6.61 Å². The smallest absolute Gasteiger partial charge is 0.435 e. The maximum atomic E-state index is 12.2. The molecular formula is C23H34O4. The van der Waals surface area contributed by atoms with Crippen LogP contribution >= 0.6 is 0 Å². The minimum Gasteiger partial charge on any atom is -0.435 e. The largest absolute Gasteiger partial charge is 0.508 e. The molecule has 27 heavy (non-hydrogen) atoms. The summed E-state index contributed by atoms with van der Waals surface area (Å²) in [5.41, 5.74) is 1.09. The van der Waals surface area contributed by atoms with Gasteiger partial charge in [-0.05, 0) is 95.0 Å². The average Bonchev–Trinajstić information content (AvgIpc) is 2.94. The van der Waals surface area contributed by atoms with Crippen molar-refractivity contribution in [1.29, 1.82) is 0 Å². The van der Waals surface area contributed by atoms with Gasteiger partial charge in [-0.3, -0.25) is 4.79 Å². The molecule has 0 saturated heterocycles. The van der Waals surface area contributed by atoms with E-state index in [-0.39, 0.29) is 5.41 Å². The van der Waals surface area contributed by atoms with Crippen LogP contribution in [0.3, 0.4) is 0 Å². The first-order chi connectivity index (χ1) is 12.9. The molecule has 0 aromatic rings. The molecule has 0 aromatic heterocycles. The lowest BCUT2D eigenvalue weighted by Gasteiger charge is -2.56. The zero-order valence-corrected chi connectivity index (χ0v) is 17.1. The molecule has 150 valence electrons. The van der Waals surface area contributed by atoms with Gasteiger partial charge in [-0.2, -0.15) is 0 Å². The van der Waals surface area contributed by atoms with E-state index in [1.807, 2.05) is 13.0 Å². The number of ketones is 1. The number of rotatable bonds is 3. The molecule has 4 aliphatic rings. The second-order valence-electron chi connectivity index (χ2n) is 9.41. The Labute approximate surface area is 163 Å². The number of hydrogen-bond acceptors (Lipinski definition) is 4. The first-order valence-electron chi connectivity index (χ1n) is 11.0. The number of allylic oxidation sites excluding steroid dienone is 1. The first kappa shape index (κ1) is 19.0. The zero-order chi connectivity index (χ0) is 19.2. The summed E-state index contributed by atoms with van der Waals surface area (Å²) in [6, 6.07) is 0.